The van der Waals surface area contributed by atoms with Crippen molar-refractivity contribution in [3.05, 3.63) is 48.0 Å². The first kappa shape index (κ1) is 21.8. The van der Waals surface area contributed by atoms with Crippen LogP contribution in [0, 0.1) is 11.3 Å². The minimum absolute atomic E-state index is 0.0316. The third-order valence-electron chi connectivity index (χ3n) is 6.41. The van der Waals surface area contributed by atoms with Crippen LogP contribution in [0.2, 0.25) is 0 Å². The van der Waals surface area contributed by atoms with Gasteiger partial charge in [0.1, 0.15) is 0 Å². The van der Waals surface area contributed by atoms with E-state index in [0.29, 0.717) is 11.6 Å². The maximum absolute atomic E-state index is 12.8. The molecule has 3 aliphatic rings. The van der Waals surface area contributed by atoms with Gasteiger partial charge in [-0.15, -0.1) is 0 Å². The van der Waals surface area contributed by atoms with Gasteiger partial charge in [0.05, 0.1) is 18.3 Å². The van der Waals surface area contributed by atoms with Gasteiger partial charge in [0.25, 0.3) is 5.91 Å². The van der Waals surface area contributed by atoms with Gasteiger partial charge in [-0.2, -0.15) is 5.26 Å². The van der Waals surface area contributed by atoms with Crippen LogP contribution in [0.1, 0.15) is 23.2 Å². The molecule has 2 fully saturated rings. The first-order valence-electron chi connectivity index (χ1n) is 11.4. The third kappa shape index (κ3) is 4.70. The monoisotopic (exact) mass is 461 g/mol. The lowest BCUT2D eigenvalue weighted by Gasteiger charge is -2.32. The number of thioether (sulfide) groups is 1. The number of piperazine rings is 1. The van der Waals surface area contributed by atoms with Crippen LogP contribution in [0.15, 0.2) is 47.4 Å². The van der Waals surface area contributed by atoms with Gasteiger partial charge in [-0.25, -0.2) is 0 Å². The van der Waals surface area contributed by atoms with E-state index in [1.54, 1.807) is 0 Å². The molecule has 1 saturated heterocycles. The van der Waals surface area contributed by atoms with E-state index < -0.39 is 5.37 Å². The zero-order valence-corrected chi connectivity index (χ0v) is 19.5. The summed E-state index contributed by atoms with van der Waals surface area (Å²) in [5.41, 5.74) is 3.67. The first-order valence-corrected chi connectivity index (χ1v) is 12.2. The predicted octanol–water partition coefficient (Wildman–Crippen LogP) is 2.78. The van der Waals surface area contributed by atoms with Crippen LogP contribution in [0.4, 0.5) is 5.69 Å². The lowest BCUT2D eigenvalue weighted by Crippen LogP contribution is -2.47. The number of hydrogen-bond donors (Lipinski definition) is 1. The molecule has 5 rings (SSSR count). The van der Waals surface area contributed by atoms with E-state index in [1.165, 1.54) is 11.8 Å². The molecule has 2 aliphatic heterocycles. The van der Waals surface area contributed by atoms with Crippen molar-refractivity contribution in [2.45, 2.75) is 29.2 Å². The Kier molecular flexibility index (Phi) is 6.00. The highest BCUT2D eigenvalue weighted by Crippen LogP contribution is 2.44. The molecule has 1 N–H and O–H groups in total. The maximum Gasteiger partial charge on any atom is 0.253 e. The molecular formula is C25H27N5O2S. The average Bonchev–Trinajstić information content (AvgIpc) is 3.58. The number of nitriles is 1. The largest absolute Gasteiger partial charge is 0.352 e. The summed E-state index contributed by atoms with van der Waals surface area (Å²) in [4.78, 5) is 32.1. The van der Waals surface area contributed by atoms with E-state index in [-0.39, 0.29) is 18.4 Å². The van der Waals surface area contributed by atoms with Crippen LogP contribution in [-0.2, 0) is 4.79 Å². The van der Waals surface area contributed by atoms with Crippen LogP contribution in [0.3, 0.4) is 0 Å². The number of likely N-dealkylation sites (N-methyl/N-ethyl adjacent to an activating group) is 1. The Hall–Kier alpha value is -3.02. The first-order chi connectivity index (χ1) is 16.0. The number of benzene rings is 2. The average molecular weight is 462 g/mol. The topological polar surface area (TPSA) is 79.7 Å². The fraction of sp³-hybridized carbons (Fsp3) is 0.400. The molecule has 0 bridgehead atoms. The van der Waals surface area contributed by atoms with Crippen molar-refractivity contribution in [2.24, 2.45) is 0 Å². The Bertz CT molecular complexity index is 1100. The van der Waals surface area contributed by atoms with E-state index in [0.717, 1.165) is 60.7 Å². The van der Waals surface area contributed by atoms with Crippen molar-refractivity contribution < 1.29 is 9.59 Å². The molecule has 2 aromatic carbocycles. The Balaban J connectivity index is 1.30. The van der Waals surface area contributed by atoms with Gasteiger partial charge in [-0.3, -0.25) is 9.59 Å². The highest BCUT2D eigenvalue weighted by atomic mass is 32.2. The molecule has 170 valence electrons. The normalized spacial score (nSPS) is 20.3. The molecule has 0 spiro atoms. The highest BCUT2D eigenvalue weighted by Gasteiger charge is 2.33. The summed E-state index contributed by atoms with van der Waals surface area (Å²) in [5.74, 6) is 0.0482. The molecular weight excluding hydrogens is 434 g/mol. The number of rotatable bonds is 5. The maximum atomic E-state index is 12.8. The van der Waals surface area contributed by atoms with Crippen molar-refractivity contribution in [3.8, 4) is 17.2 Å². The van der Waals surface area contributed by atoms with Gasteiger partial charge in [-0.05, 0) is 55.3 Å². The second-order valence-corrected chi connectivity index (χ2v) is 10.0. The summed E-state index contributed by atoms with van der Waals surface area (Å²) in [6, 6.07) is 16.4. The second kappa shape index (κ2) is 9.08. The van der Waals surface area contributed by atoms with Gasteiger partial charge in [0, 0.05) is 42.7 Å². The zero-order chi connectivity index (χ0) is 22.9. The summed E-state index contributed by atoms with van der Waals surface area (Å²) in [6.07, 6.45) is 2.09. The van der Waals surface area contributed by atoms with Gasteiger partial charge in [0.2, 0.25) is 5.91 Å². The number of carbonyl (C=O) groups excluding carboxylic acids is 2. The zero-order valence-electron chi connectivity index (χ0n) is 18.7. The Morgan fingerprint density at radius 3 is 2.42 bits per heavy atom. The predicted molar refractivity (Wildman–Crippen MR) is 129 cm³/mol. The summed E-state index contributed by atoms with van der Waals surface area (Å²) in [7, 11) is 2.08. The molecule has 1 saturated carbocycles. The molecule has 0 radical (unpaired) electrons. The van der Waals surface area contributed by atoms with Gasteiger partial charge >= 0.3 is 0 Å². The number of nitrogens with zero attached hydrogens (tertiary/aromatic N) is 4. The van der Waals surface area contributed by atoms with E-state index in [2.05, 4.69) is 29.4 Å². The fourth-order valence-corrected chi connectivity index (χ4v) is 5.36. The smallest absolute Gasteiger partial charge is 0.253 e. The number of hydrogen-bond acceptors (Lipinski definition) is 6. The molecule has 33 heavy (non-hydrogen) atoms. The van der Waals surface area contributed by atoms with Crippen molar-refractivity contribution in [3.63, 3.8) is 0 Å². The minimum atomic E-state index is -0.413. The lowest BCUT2D eigenvalue weighted by atomic mass is 10.0. The van der Waals surface area contributed by atoms with Crippen LogP contribution in [-0.4, -0.2) is 72.8 Å². The minimum Gasteiger partial charge on any atom is -0.352 e. The van der Waals surface area contributed by atoms with Crippen LogP contribution in [0.5, 0.6) is 0 Å². The molecule has 1 aliphatic carbocycles. The van der Waals surface area contributed by atoms with E-state index in [9.17, 15) is 14.9 Å². The number of fused-ring (bicyclic) bond motifs is 1. The van der Waals surface area contributed by atoms with E-state index >= 15 is 0 Å². The van der Waals surface area contributed by atoms with Gasteiger partial charge in [-0.1, -0.05) is 30.0 Å². The van der Waals surface area contributed by atoms with Crippen molar-refractivity contribution >= 4 is 29.3 Å². The number of anilines is 1. The molecule has 2 amide bonds. The highest BCUT2D eigenvalue weighted by molar-refractivity contribution is 8.00. The molecule has 2 heterocycles. The molecule has 7 nitrogen and oxygen atoms in total. The Morgan fingerprint density at radius 1 is 1.06 bits per heavy atom. The number of carbonyl (C=O) groups is 2. The molecule has 1 unspecified atom stereocenters. The van der Waals surface area contributed by atoms with Gasteiger partial charge in [0.15, 0.2) is 5.37 Å². The van der Waals surface area contributed by atoms with Crippen LogP contribution >= 0.6 is 11.8 Å². The number of nitrogens with one attached hydrogen (secondary N) is 1. The molecule has 2 aromatic rings. The molecule has 1 atom stereocenters. The van der Waals surface area contributed by atoms with E-state index in [1.807, 2.05) is 46.2 Å². The summed E-state index contributed by atoms with van der Waals surface area (Å²) < 4.78 is 0. The Labute approximate surface area is 198 Å². The SMILES string of the molecule is CN1CCN(C(=O)c2ccc(-c3ccc4c(c3)SC(C#N)N4CC(=O)NC3CC3)cc2)CC1. The van der Waals surface area contributed by atoms with Crippen molar-refractivity contribution in [1.29, 1.82) is 5.26 Å². The quantitative estimate of drug-likeness (QED) is 0.738. The third-order valence-corrected chi connectivity index (χ3v) is 7.58. The van der Waals surface area contributed by atoms with Crippen molar-refractivity contribution in [2.75, 3.05) is 44.7 Å². The fourth-order valence-electron chi connectivity index (χ4n) is 4.25. The summed E-state index contributed by atoms with van der Waals surface area (Å²) in [6.45, 7) is 3.51. The van der Waals surface area contributed by atoms with Gasteiger partial charge < -0.3 is 20.0 Å². The van der Waals surface area contributed by atoms with Crippen molar-refractivity contribution in [1.82, 2.24) is 15.1 Å². The summed E-state index contributed by atoms with van der Waals surface area (Å²) in [5, 5.41) is 12.2. The van der Waals surface area contributed by atoms with Crippen LogP contribution in [0.25, 0.3) is 11.1 Å². The Morgan fingerprint density at radius 2 is 1.76 bits per heavy atom. The molecule has 0 aromatic heterocycles. The summed E-state index contributed by atoms with van der Waals surface area (Å²) >= 11 is 1.48. The van der Waals surface area contributed by atoms with Crippen LogP contribution < -0.4 is 10.2 Å². The van der Waals surface area contributed by atoms with E-state index in [4.69, 9.17) is 0 Å². The number of amides is 2. The second-order valence-electron chi connectivity index (χ2n) is 8.92. The molecule has 8 heteroatoms. The standard InChI is InChI=1S/C25H27N5O2S/c1-28-10-12-29(13-11-28)25(32)18-4-2-17(3-5-18)19-6-9-21-22(14-19)33-24(15-26)30(21)16-23(31)27-20-7-8-20/h2-6,9,14,20,24H,7-8,10-13,16H2,1H3,(H,27,31). The lowest BCUT2D eigenvalue weighted by molar-refractivity contribution is -0.119.